The Labute approximate surface area is 115 Å². The first-order valence-corrected chi connectivity index (χ1v) is 7.69. The van der Waals surface area contributed by atoms with Crippen LogP contribution < -0.4 is 5.73 Å². The van der Waals surface area contributed by atoms with Crippen molar-refractivity contribution in [3.63, 3.8) is 0 Å². The maximum Gasteiger partial charge on any atom is 0.0519 e. The highest BCUT2D eigenvalue weighted by Crippen LogP contribution is 2.22. The predicted molar refractivity (Wildman–Crippen MR) is 79.0 cm³/mol. The molecule has 1 aliphatic rings. The first kappa shape index (κ1) is 14.0. The topological polar surface area (TPSA) is 32.5 Å². The molecule has 1 aliphatic heterocycles. The summed E-state index contributed by atoms with van der Waals surface area (Å²) < 4.78 is 0. The van der Waals surface area contributed by atoms with E-state index in [1.54, 1.807) is 11.3 Å². The summed E-state index contributed by atoms with van der Waals surface area (Å²) in [5.41, 5.74) is 6.25. The van der Waals surface area contributed by atoms with Gasteiger partial charge in [0.25, 0.3) is 0 Å². The van der Waals surface area contributed by atoms with E-state index in [-0.39, 0.29) is 6.04 Å². The second-order valence-electron chi connectivity index (χ2n) is 5.63. The monoisotopic (exact) mass is 267 g/mol. The number of thiophene rings is 1. The molecule has 0 bridgehead atoms. The number of likely N-dealkylation sites (tertiary alicyclic amines) is 1. The first-order chi connectivity index (χ1) is 8.65. The van der Waals surface area contributed by atoms with Crippen molar-refractivity contribution in [1.82, 2.24) is 9.80 Å². The molecule has 1 unspecified atom stereocenters. The second-order valence-corrected chi connectivity index (χ2v) is 6.61. The summed E-state index contributed by atoms with van der Waals surface area (Å²) in [5, 5.41) is 2.11. The fourth-order valence-electron chi connectivity index (χ4n) is 2.74. The fourth-order valence-corrected chi connectivity index (χ4v) is 3.46. The summed E-state index contributed by atoms with van der Waals surface area (Å²) >= 11 is 1.77. The maximum absolute atomic E-state index is 6.25. The minimum Gasteiger partial charge on any atom is -0.322 e. The van der Waals surface area contributed by atoms with Crippen molar-refractivity contribution in [2.45, 2.75) is 18.9 Å². The quantitative estimate of drug-likeness (QED) is 0.886. The molecular weight excluding hydrogens is 242 g/mol. The van der Waals surface area contributed by atoms with Gasteiger partial charge in [0.05, 0.1) is 6.04 Å². The van der Waals surface area contributed by atoms with Crippen molar-refractivity contribution < 1.29 is 0 Å². The molecule has 2 rings (SSSR count). The summed E-state index contributed by atoms with van der Waals surface area (Å²) in [7, 11) is 4.33. The zero-order valence-corrected chi connectivity index (χ0v) is 12.3. The number of rotatable bonds is 5. The van der Waals surface area contributed by atoms with Crippen molar-refractivity contribution in [3.05, 3.63) is 22.4 Å². The van der Waals surface area contributed by atoms with Crippen LogP contribution in [0.5, 0.6) is 0 Å². The number of nitrogens with two attached hydrogens (primary N) is 1. The van der Waals surface area contributed by atoms with Crippen molar-refractivity contribution >= 4 is 11.3 Å². The van der Waals surface area contributed by atoms with Gasteiger partial charge in [-0.2, -0.15) is 0 Å². The van der Waals surface area contributed by atoms with Crippen molar-refractivity contribution in [3.8, 4) is 0 Å². The Morgan fingerprint density at radius 3 is 2.72 bits per heavy atom. The fraction of sp³-hybridized carbons (Fsp3) is 0.714. The van der Waals surface area contributed by atoms with E-state index in [1.807, 2.05) is 0 Å². The van der Waals surface area contributed by atoms with E-state index in [2.05, 4.69) is 41.4 Å². The summed E-state index contributed by atoms with van der Waals surface area (Å²) in [6.07, 6.45) is 2.63. The van der Waals surface area contributed by atoms with Gasteiger partial charge in [0.1, 0.15) is 0 Å². The molecule has 1 aromatic rings. The Balaban J connectivity index is 1.73. The van der Waals surface area contributed by atoms with Crippen LogP contribution in [0.1, 0.15) is 23.8 Å². The van der Waals surface area contributed by atoms with E-state index < -0.39 is 0 Å². The zero-order valence-electron chi connectivity index (χ0n) is 11.5. The van der Waals surface area contributed by atoms with Crippen molar-refractivity contribution in [1.29, 1.82) is 0 Å². The van der Waals surface area contributed by atoms with E-state index in [1.165, 1.54) is 37.4 Å². The smallest absolute Gasteiger partial charge is 0.0519 e. The van der Waals surface area contributed by atoms with Crippen LogP contribution in [0.2, 0.25) is 0 Å². The Hall–Kier alpha value is -0.420. The second kappa shape index (κ2) is 6.66. The third kappa shape index (κ3) is 4.05. The predicted octanol–water partition coefficient (Wildman–Crippen LogP) is 2.02. The molecule has 1 atom stereocenters. The van der Waals surface area contributed by atoms with Gasteiger partial charge in [-0.3, -0.25) is 0 Å². The molecule has 4 heteroatoms. The van der Waals surface area contributed by atoms with Crippen LogP contribution in [0.25, 0.3) is 0 Å². The molecule has 2 heterocycles. The van der Waals surface area contributed by atoms with Crippen LogP contribution in [0, 0.1) is 5.92 Å². The van der Waals surface area contributed by atoms with Crippen molar-refractivity contribution in [2.24, 2.45) is 11.7 Å². The van der Waals surface area contributed by atoms with Gasteiger partial charge in [-0.25, -0.2) is 0 Å². The number of hydrogen-bond donors (Lipinski definition) is 1. The number of piperidine rings is 1. The molecule has 0 aliphatic carbocycles. The molecule has 0 amide bonds. The SMILES string of the molecule is CN(C)CC1CCN(CC(N)c2cccs2)CC1. The van der Waals surface area contributed by atoms with Gasteiger partial charge in [-0.05, 0) is 57.4 Å². The molecule has 0 aromatic carbocycles. The average molecular weight is 267 g/mol. The van der Waals surface area contributed by atoms with Gasteiger partial charge in [-0.1, -0.05) is 6.07 Å². The van der Waals surface area contributed by atoms with Crippen LogP contribution in [-0.4, -0.2) is 50.1 Å². The van der Waals surface area contributed by atoms with E-state index in [0.717, 1.165) is 12.5 Å². The average Bonchev–Trinajstić information content (AvgIpc) is 2.84. The summed E-state index contributed by atoms with van der Waals surface area (Å²) in [6, 6.07) is 4.42. The zero-order chi connectivity index (χ0) is 13.0. The third-order valence-corrected chi connectivity index (χ3v) is 4.70. The van der Waals surface area contributed by atoms with E-state index in [9.17, 15) is 0 Å². The molecule has 18 heavy (non-hydrogen) atoms. The summed E-state index contributed by atoms with van der Waals surface area (Å²) in [5.74, 6) is 0.870. The largest absolute Gasteiger partial charge is 0.322 e. The maximum atomic E-state index is 6.25. The normalized spacial score (nSPS) is 20.4. The van der Waals surface area contributed by atoms with Gasteiger partial charge in [0.2, 0.25) is 0 Å². The number of hydrogen-bond acceptors (Lipinski definition) is 4. The molecule has 1 aromatic heterocycles. The van der Waals surface area contributed by atoms with Gasteiger partial charge >= 0.3 is 0 Å². The third-order valence-electron chi connectivity index (χ3n) is 3.69. The molecule has 2 N–H and O–H groups in total. The van der Waals surface area contributed by atoms with Crippen molar-refractivity contribution in [2.75, 3.05) is 40.3 Å². The van der Waals surface area contributed by atoms with Crippen LogP contribution in [0.4, 0.5) is 0 Å². The van der Waals surface area contributed by atoms with Gasteiger partial charge in [0, 0.05) is 18.0 Å². The molecule has 0 spiro atoms. The van der Waals surface area contributed by atoms with Crippen LogP contribution in [0.15, 0.2) is 17.5 Å². The standard InChI is InChI=1S/C14H25N3S/c1-16(2)10-12-5-7-17(8-6-12)11-13(15)14-4-3-9-18-14/h3-4,9,12-13H,5-8,10-11,15H2,1-2H3. The van der Waals surface area contributed by atoms with E-state index in [4.69, 9.17) is 5.73 Å². The van der Waals surface area contributed by atoms with Crippen LogP contribution in [-0.2, 0) is 0 Å². The van der Waals surface area contributed by atoms with E-state index >= 15 is 0 Å². The molecule has 1 fully saturated rings. The Morgan fingerprint density at radius 1 is 1.44 bits per heavy atom. The van der Waals surface area contributed by atoms with Crippen LogP contribution in [0.3, 0.4) is 0 Å². The highest BCUT2D eigenvalue weighted by atomic mass is 32.1. The molecule has 0 radical (unpaired) electrons. The molecule has 3 nitrogen and oxygen atoms in total. The summed E-state index contributed by atoms with van der Waals surface area (Å²) in [6.45, 7) is 4.65. The highest BCUT2D eigenvalue weighted by Gasteiger charge is 2.21. The Bertz CT molecular complexity index is 329. The lowest BCUT2D eigenvalue weighted by Crippen LogP contribution is -2.40. The Morgan fingerprint density at radius 2 is 2.17 bits per heavy atom. The minimum absolute atomic E-state index is 0.190. The molecule has 102 valence electrons. The lowest BCUT2D eigenvalue weighted by Gasteiger charge is -2.34. The lowest BCUT2D eigenvalue weighted by molar-refractivity contribution is 0.156. The number of nitrogens with zero attached hydrogens (tertiary/aromatic N) is 2. The summed E-state index contributed by atoms with van der Waals surface area (Å²) in [4.78, 5) is 6.14. The van der Waals surface area contributed by atoms with Gasteiger partial charge in [0.15, 0.2) is 0 Å². The lowest BCUT2D eigenvalue weighted by atomic mass is 9.96. The Kier molecular flexibility index (Phi) is 5.18. The van der Waals surface area contributed by atoms with Crippen LogP contribution >= 0.6 is 11.3 Å². The van der Waals surface area contributed by atoms with Gasteiger partial charge in [-0.15, -0.1) is 11.3 Å². The van der Waals surface area contributed by atoms with Gasteiger partial charge < -0.3 is 15.5 Å². The molecular formula is C14H25N3S. The highest BCUT2D eigenvalue weighted by molar-refractivity contribution is 7.10. The molecule has 1 saturated heterocycles. The minimum atomic E-state index is 0.190. The van der Waals surface area contributed by atoms with E-state index in [0.29, 0.717) is 0 Å². The molecule has 0 saturated carbocycles. The first-order valence-electron chi connectivity index (χ1n) is 6.81.